The van der Waals surface area contributed by atoms with Crippen molar-refractivity contribution < 1.29 is 18.3 Å². The summed E-state index contributed by atoms with van der Waals surface area (Å²) in [5.74, 6) is 2.08. The largest absolute Gasteiger partial charge is 0.483 e. The van der Waals surface area contributed by atoms with Crippen molar-refractivity contribution in [1.29, 1.82) is 0 Å². The van der Waals surface area contributed by atoms with Gasteiger partial charge in [0.1, 0.15) is 12.4 Å². The van der Waals surface area contributed by atoms with Gasteiger partial charge in [0.05, 0.1) is 5.75 Å². The van der Waals surface area contributed by atoms with E-state index >= 15 is 0 Å². The number of benzene rings is 2. The summed E-state index contributed by atoms with van der Waals surface area (Å²) in [5.41, 5.74) is 0.462. The Morgan fingerprint density at radius 2 is 1.91 bits per heavy atom. The number of ether oxygens (including phenoxy) is 1. The summed E-state index contributed by atoms with van der Waals surface area (Å²) < 4.78 is 35.1. The Labute approximate surface area is 201 Å². The van der Waals surface area contributed by atoms with Gasteiger partial charge in [0.15, 0.2) is 28.3 Å². The second kappa shape index (κ2) is 9.86. The van der Waals surface area contributed by atoms with Gasteiger partial charge in [-0.05, 0) is 80.3 Å². The fourth-order valence-electron chi connectivity index (χ4n) is 5.54. The molecule has 2 saturated carbocycles. The van der Waals surface area contributed by atoms with Crippen molar-refractivity contribution in [2.75, 3.05) is 5.75 Å². The Kier molecular flexibility index (Phi) is 6.68. The van der Waals surface area contributed by atoms with E-state index in [9.17, 15) is 13.6 Å². The van der Waals surface area contributed by atoms with Gasteiger partial charge in [0, 0.05) is 11.6 Å². The molecule has 5 rings (SSSR count). The molecule has 4 unspecified atom stereocenters. The number of hydrogen-bond acceptors (Lipinski definition) is 5. The third-order valence-electron chi connectivity index (χ3n) is 7.25. The standard InChI is InChI=1S/C26H27F2N3O2S/c1-16(21-13-17-6-7-19(21)12-17)31-25(14-33-24-5-3-2-4-22(24)28)29-30-26(31)34-15-23(32)18-8-10-20(27)11-9-18/h2-5,8-11,16-17,19,21H,6-7,12-15H2,1H3. The minimum atomic E-state index is -0.422. The first-order chi connectivity index (χ1) is 16.5. The van der Waals surface area contributed by atoms with Crippen molar-refractivity contribution in [3.8, 4) is 5.75 Å². The van der Waals surface area contributed by atoms with E-state index in [1.165, 1.54) is 67.8 Å². The molecular formula is C26H27F2N3O2S. The number of para-hydroxylation sites is 1. The highest BCUT2D eigenvalue weighted by Crippen LogP contribution is 2.52. The average Bonchev–Trinajstić information content (AvgIpc) is 3.58. The van der Waals surface area contributed by atoms with Crippen molar-refractivity contribution in [3.63, 3.8) is 0 Å². The maximum absolute atomic E-state index is 14.1. The van der Waals surface area contributed by atoms with Gasteiger partial charge in [-0.1, -0.05) is 30.3 Å². The van der Waals surface area contributed by atoms with Crippen LogP contribution in [0.1, 0.15) is 54.8 Å². The summed E-state index contributed by atoms with van der Waals surface area (Å²) >= 11 is 1.32. The number of hydrogen-bond donors (Lipinski definition) is 0. The van der Waals surface area contributed by atoms with E-state index in [1.54, 1.807) is 18.2 Å². The average molecular weight is 484 g/mol. The Hall–Kier alpha value is -2.74. The van der Waals surface area contributed by atoms with Gasteiger partial charge >= 0.3 is 0 Å². The van der Waals surface area contributed by atoms with Gasteiger partial charge in [0.2, 0.25) is 0 Å². The molecule has 0 aliphatic heterocycles. The SMILES string of the molecule is CC(C1CC2CCC1C2)n1c(COc2ccccc2F)nnc1SCC(=O)c1ccc(F)cc1. The van der Waals surface area contributed by atoms with Crippen molar-refractivity contribution in [1.82, 2.24) is 14.8 Å². The van der Waals surface area contributed by atoms with Crippen LogP contribution in [0.25, 0.3) is 0 Å². The molecule has 34 heavy (non-hydrogen) atoms. The minimum absolute atomic E-state index is 0.0888. The number of nitrogens with zero attached hydrogens (tertiary/aromatic N) is 3. The topological polar surface area (TPSA) is 57.0 Å². The van der Waals surface area contributed by atoms with Crippen LogP contribution in [0.4, 0.5) is 8.78 Å². The second-order valence-corrected chi connectivity index (χ2v) is 10.2. The summed E-state index contributed by atoms with van der Waals surface area (Å²) in [4.78, 5) is 12.7. The smallest absolute Gasteiger partial charge is 0.192 e. The Bertz CT molecular complexity index is 1170. The van der Waals surface area contributed by atoms with Crippen molar-refractivity contribution >= 4 is 17.5 Å². The van der Waals surface area contributed by atoms with Crippen LogP contribution in [0.15, 0.2) is 53.7 Å². The zero-order valence-electron chi connectivity index (χ0n) is 19.0. The molecule has 3 aromatic rings. The van der Waals surface area contributed by atoms with E-state index in [-0.39, 0.29) is 35.8 Å². The third-order valence-corrected chi connectivity index (χ3v) is 8.19. The minimum Gasteiger partial charge on any atom is -0.483 e. The maximum atomic E-state index is 14.1. The normalized spacial score (nSPS) is 22.1. The molecule has 2 aliphatic rings. The van der Waals surface area contributed by atoms with E-state index in [1.807, 2.05) is 0 Å². The fourth-order valence-corrected chi connectivity index (χ4v) is 6.48. The lowest BCUT2D eigenvalue weighted by Gasteiger charge is -2.30. The van der Waals surface area contributed by atoms with Gasteiger partial charge < -0.3 is 4.74 Å². The number of aromatic nitrogens is 3. The number of ketones is 1. The molecule has 8 heteroatoms. The van der Waals surface area contributed by atoms with E-state index in [0.717, 1.165) is 5.92 Å². The molecule has 0 N–H and O–H groups in total. The molecular weight excluding hydrogens is 456 g/mol. The summed E-state index contributed by atoms with van der Waals surface area (Å²) in [6.45, 7) is 2.28. The fraction of sp³-hybridized carbons (Fsp3) is 0.423. The number of carbonyl (C=O) groups is 1. The van der Waals surface area contributed by atoms with Crippen LogP contribution in [0.2, 0.25) is 0 Å². The third kappa shape index (κ3) is 4.73. The Morgan fingerprint density at radius 3 is 2.62 bits per heavy atom. The predicted molar refractivity (Wildman–Crippen MR) is 126 cm³/mol. The zero-order chi connectivity index (χ0) is 23.7. The van der Waals surface area contributed by atoms with Gasteiger partial charge in [-0.25, -0.2) is 8.78 Å². The molecule has 0 saturated heterocycles. The number of Topliss-reactive ketones (excluding diaryl/α,β-unsaturated/α-hetero) is 1. The van der Waals surface area contributed by atoms with Gasteiger partial charge in [-0.3, -0.25) is 9.36 Å². The number of carbonyl (C=O) groups excluding carboxylic acids is 1. The molecule has 2 aliphatic carbocycles. The molecule has 4 atom stereocenters. The summed E-state index contributed by atoms with van der Waals surface area (Å²) in [6.07, 6.45) is 5.04. The van der Waals surface area contributed by atoms with Crippen LogP contribution >= 0.6 is 11.8 Å². The number of halogens is 2. The first-order valence-corrected chi connectivity index (χ1v) is 12.7. The van der Waals surface area contributed by atoms with E-state index in [2.05, 4.69) is 21.7 Å². The van der Waals surface area contributed by atoms with Crippen molar-refractivity contribution in [2.45, 2.75) is 50.4 Å². The number of fused-ring (bicyclic) bond motifs is 2. The van der Waals surface area contributed by atoms with Crippen molar-refractivity contribution in [2.24, 2.45) is 17.8 Å². The Balaban J connectivity index is 1.36. The van der Waals surface area contributed by atoms with Crippen LogP contribution in [0.5, 0.6) is 5.75 Å². The zero-order valence-corrected chi connectivity index (χ0v) is 19.8. The molecule has 178 valence electrons. The van der Waals surface area contributed by atoms with Crippen LogP contribution in [0.3, 0.4) is 0 Å². The molecule has 2 fully saturated rings. The van der Waals surface area contributed by atoms with Crippen LogP contribution in [-0.4, -0.2) is 26.3 Å². The molecule has 5 nitrogen and oxygen atoms in total. The van der Waals surface area contributed by atoms with Gasteiger partial charge in [-0.2, -0.15) is 0 Å². The first kappa shape index (κ1) is 23.0. The molecule has 1 aromatic heterocycles. The summed E-state index contributed by atoms with van der Waals surface area (Å²) in [7, 11) is 0. The molecule has 0 spiro atoms. The highest BCUT2D eigenvalue weighted by molar-refractivity contribution is 7.99. The van der Waals surface area contributed by atoms with E-state index in [4.69, 9.17) is 4.74 Å². The number of thioether (sulfide) groups is 1. The maximum Gasteiger partial charge on any atom is 0.192 e. The number of rotatable bonds is 9. The van der Waals surface area contributed by atoms with Gasteiger partial charge in [0.25, 0.3) is 0 Å². The molecule has 2 bridgehead atoms. The Morgan fingerprint density at radius 1 is 1.12 bits per heavy atom. The lowest BCUT2D eigenvalue weighted by atomic mass is 9.84. The predicted octanol–water partition coefficient (Wildman–Crippen LogP) is 6.11. The van der Waals surface area contributed by atoms with Crippen LogP contribution in [-0.2, 0) is 6.61 Å². The van der Waals surface area contributed by atoms with Crippen LogP contribution < -0.4 is 4.74 Å². The highest BCUT2D eigenvalue weighted by atomic mass is 32.2. The summed E-state index contributed by atoms with van der Waals surface area (Å²) in [6, 6.07) is 12.0. The molecule has 0 radical (unpaired) electrons. The second-order valence-electron chi connectivity index (χ2n) is 9.29. The lowest BCUT2D eigenvalue weighted by molar-refractivity contribution is 0.102. The summed E-state index contributed by atoms with van der Waals surface area (Å²) in [5, 5.41) is 9.39. The molecule has 1 heterocycles. The first-order valence-electron chi connectivity index (χ1n) is 11.7. The quantitative estimate of drug-likeness (QED) is 0.272. The van der Waals surface area contributed by atoms with Gasteiger partial charge in [-0.15, -0.1) is 10.2 Å². The highest BCUT2D eigenvalue weighted by Gasteiger charge is 2.43. The van der Waals surface area contributed by atoms with E-state index in [0.29, 0.717) is 28.4 Å². The molecule has 0 amide bonds. The van der Waals surface area contributed by atoms with E-state index < -0.39 is 5.82 Å². The lowest BCUT2D eigenvalue weighted by Crippen LogP contribution is -2.24. The van der Waals surface area contributed by atoms with Crippen molar-refractivity contribution in [3.05, 3.63) is 71.6 Å². The molecule has 2 aromatic carbocycles. The van der Waals surface area contributed by atoms with Crippen LogP contribution in [0, 0.1) is 29.4 Å². The monoisotopic (exact) mass is 483 g/mol.